The Bertz CT molecular complexity index is 1740. The first kappa shape index (κ1) is 27.4. The van der Waals surface area contributed by atoms with Crippen LogP contribution in [0.3, 0.4) is 0 Å². The molecule has 1 fully saturated rings. The first-order valence-electron chi connectivity index (χ1n) is 12.8. The van der Waals surface area contributed by atoms with Crippen LogP contribution in [0.25, 0.3) is 31.4 Å². The Hall–Kier alpha value is -3.77. The fourth-order valence-electron chi connectivity index (χ4n) is 4.93. The SMILES string of the molecule is CC(F)(F)c1cc(F)c(F)cc1-c1sc2c(ccc3[nH]ncc32)c1Oc1ccc(OC2CN(CCCF)C2)cc1F. The summed E-state index contributed by atoms with van der Waals surface area (Å²) in [6.07, 6.45) is 1.84. The molecule has 5 nitrogen and oxygen atoms in total. The highest BCUT2D eigenvalue weighted by atomic mass is 32.1. The Labute approximate surface area is 234 Å². The Morgan fingerprint density at radius 2 is 1.80 bits per heavy atom. The number of likely N-dealkylation sites (tertiary alicyclic amines) is 1. The molecule has 0 amide bonds. The van der Waals surface area contributed by atoms with Crippen molar-refractivity contribution in [2.45, 2.75) is 25.4 Å². The monoisotopic (exact) mass is 591 g/mol. The summed E-state index contributed by atoms with van der Waals surface area (Å²) in [6, 6.07) is 8.58. The van der Waals surface area contributed by atoms with E-state index in [1.165, 1.54) is 12.1 Å². The zero-order chi connectivity index (χ0) is 28.9. The number of halogens is 6. The standard InChI is InChI=1S/C29H23F6N3O2S/c1-29(34,35)20-11-22(32)21(31)10-18(20)28-26(17-4-5-24-19(12-36-37-24)27(17)41-28)40-25-6-3-15(9-23(25)33)39-16-13-38(14-16)8-2-7-30/h3-6,9-12,16H,2,7-8,13-14H2,1H3,(H,36,37). The van der Waals surface area contributed by atoms with Crippen molar-refractivity contribution >= 4 is 32.3 Å². The molecule has 0 radical (unpaired) electrons. The van der Waals surface area contributed by atoms with Gasteiger partial charge in [-0.3, -0.25) is 14.4 Å². The van der Waals surface area contributed by atoms with Gasteiger partial charge in [0.1, 0.15) is 11.9 Å². The molecule has 3 heterocycles. The third-order valence-electron chi connectivity index (χ3n) is 6.96. The minimum Gasteiger partial charge on any atom is -0.488 e. The fraction of sp³-hybridized carbons (Fsp3) is 0.276. The number of benzene rings is 3. The number of nitrogens with one attached hydrogen (secondary N) is 1. The molecule has 1 saturated heterocycles. The summed E-state index contributed by atoms with van der Waals surface area (Å²) in [6.45, 7) is 2.03. The van der Waals surface area contributed by atoms with Crippen LogP contribution in [0.15, 0.2) is 48.7 Å². The van der Waals surface area contributed by atoms with Gasteiger partial charge in [0.05, 0.1) is 23.3 Å². The summed E-state index contributed by atoms with van der Waals surface area (Å²) in [4.78, 5) is 2.11. The summed E-state index contributed by atoms with van der Waals surface area (Å²) in [5, 5.41) is 7.96. The fourth-order valence-corrected chi connectivity index (χ4v) is 6.20. The quantitative estimate of drug-likeness (QED) is 0.176. The van der Waals surface area contributed by atoms with Crippen LogP contribution in [-0.4, -0.2) is 47.5 Å². The highest BCUT2D eigenvalue weighted by molar-refractivity contribution is 7.23. The molecule has 0 saturated carbocycles. The van der Waals surface area contributed by atoms with E-state index in [-0.39, 0.29) is 40.5 Å². The van der Waals surface area contributed by atoms with Gasteiger partial charge in [0.15, 0.2) is 29.0 Å². The normalized spacial score (nSPS) is 14.6. The molecule has 0 unspecified atom stereocenters. The smallest absolute Gasteiger partial charge is 0.271 e. The van der Waals surface area contributed by atoms with Crippen molar-refractivity contribution in [2.24, 2.45) is 0 Å². The lowest BCUT2D eigenvalue weighted by Gasteiger charge is -2.38. The number of aromatic amines is 1. The molecular formula is C29H23F6N3O2S. The molecule has 214 valence electrons. The molecule has 1 aliphatic heterocycles. The van der Waals surface area contributed by atoms with E-state index in [1.54, 1.807) is 18.3 Å². The Kier molecular flexibility index (Phi) is 7.06. The van der Waals surface area contributed by atoms with Crippen molar-refractivity contribution in [3.63, 3.8) is 0 Å². The molecule has 0 bridgehead atoms. The van der Waals surface area contributed by atoms with Crippen molar-refractivity contribution < 1.29 is 35.8 Å². The molecule has 2 aromatic heterocycles. The lowest BCUT2D eigenvalue weighted by molar-refractivity contribution is 0.0176. The third kappa shape index (κ3) is 5.21. The zero-order valence-corrected chi connectivity index (χ0v) is 22.4. The minimum atomic E-state index is -3.52. The van der Waals surface area contributed by atoms with Crippen LogP contribution in [0.2, 0.25) is 0 Å². The van der Waals surface area contributed by atoms with Crippen molar-refractivity contribution in [3.05, 3.63) is 71.7 Å². The van der Waals surface area contributed by atoms with Gasteiger partial charge in [-0.1, -0.05) is 0 Å². The molecular weight excluding hydrogens is 568 g/mol. The number of fused-ring (bicyclic) bond motifs is 3. The van der Waals surface area contributed by atoms with E-state index in [1.807, 2.05) is 4.90 Å². The number of ether oxygens (including phenoxy) is 2. The number of thiophene rings is 1. The number of rotatable bonds is 9. The first-order valence-corrected chi connectivity index (χ1v) is 13.6. The van der Waals surface area contributed by atoms with E-state index in [0.29, 0.717) is 66.1 Å². The van der Waals surface area contributed by atoms with Crippen molar-refractivity contribution in [1.29, 1.82) is 0 Å². The molecule has 6 rings (SSSR count). The molecule has 3 aromatic carbocycles. The maximum absolute atomic E-state index is 15.3. The zero-order valence-electron chi connectivity index (χ0n) is 21.6. The lowest BCUT2D eigenvalue weighted by atomic mass is 9.99. The van der Waals surface area contributed by atoms with Gasteiger partial charge in [0.2, 0.25) is 0 Å². The molecule has 0 aliphatic carbocycles. The Morgan fingerprint density at radius 3 is 2.54 bits per heavy atom. The predicted molar refractivity (Wildman–Crippen MR) is 144 cm³/mol. The van der Waals surface area contributed by atoms with E-state index in [4.69, 9.17) is 9.47 Å². The molecule has 1 aliphatic rings. The lowest BCUT2D eigenvalue weighted by Crippen LogP contribution is -2.53. The molecule has 12 heteroatoms. The highest BCUT2D eigenvalue weighted by Gasteiger charge is 2.33. The number of hydrogen-bond donors (Lipinski definition) is 1. The van der Waals surface area contributed by atoms with E-state index in [0.717, 1.165) is 17.4 Å². The predicted octanol–water partition coefficient (Wildman–Crippen LogP) is 8.19. The second kappa shape index (κ2) is 10.6. The van der Waals surface area contributed by atoms with Crippen molar-refractivity contribution in [2.75, 3.05) is 26.3 Å². The van der Waals surface area contributed by atoms with E-state index in [9.17, 15) is 22.0 Å². The number of alkyl halides is 3. The van der Waals surface area contributed by atoms with Crippen LogP contribution in [0, 0.1) is 17.5 Å². The Balaban J connectivity index is 1.39. The van der Waals surface area contributed by atoms with Crippen LogP contribution in [0.5, 0.6) is 17.2 Å². The molecule has 1 N–H and O–H groups in total. The Morgan fingerprint density at radius 1 is 1.02 bits per heavy atom. The van der Waals surface area contributed by atoms with Crippen molar-refractivity contribution in [3.8, 4) is 27.7 Å². The molecule has 0 spiro atoms. The number of nitrogens with zero attached hydrogens (tertiary/aromatic N) is 2. The van der Waals surface area contributed by atoms with Gasteiger partial charge in [-0.15, -0.1) is 11.3 Å². The molecule has 0 atom stereocenters. The van der Waals surface area contributed by atoms with Gasteiger partial charge in [-0.25, -0.2) is 22.0 Å². The van der Waals surface area contributed by atoms with Crippen LogP contribution >= 0.6 is 11.3 Å². The molecule has 5 aromatic rings. The maximum Gasteiger partial charge on any atom is 0.271 e. The van der Waals surface area contributed by atoms with Crippen LogP contribution in [0.1, 0.15) is 18.9 Å². The highest BCUT2D eigenvalue weighted by Crippen LogP contribution is 2.51. The van der Waals surface area contributed by atoms with Gasteiger partial charge in [-0.05, 0) is 42.8 Å². The topological polar surface area (TPSA) is 50.4 Å². The van der Waals surface area contributed by atoms with E-state index in [2.05, 4.69) is 10.2 Å². The summed E-state index contributed by atoms with van der Waals surface area (Å²) in [5.74, 6) is -6.93. The number of H-pyrrole nitrogens is 1. The van der Waals surface area contributed by atoms with E-state index >= 15 is 4.39 Å². The average molecular weight is 592 g/mol. The van der Waals surface area contributed by atoms with Gasteiger partial charge in [0, 0.05) is 59.2 Å². The summed E-state index contributed by atoms with van der Waals surface area (Å²) in [5.41, 5.74) is -0.344. The van der Waals surface area contributed by atoms with E-state index < -0.39 is 28.9 Å². The van der Waals surface area contributed by atoms with Gasteiger partial charge >= 0.3 is 0 Å². The largest absolute Gasteiger partial charge is 0.488 e. The second-order valence-corrected chi connectivity index (χ2v) is 11.0. The third-order valence-corrected chi connectivity index (χ3v) is 8.21. The number of hydrogen-bond acceptors (Lipinski definition) is 5. The summed E-state index contributed by atoms with van der Waals surface area (Å²) in [7, 11) is 0. The maximum atomic E-state index is 15.3. The average Bonchev–Trinajstić information content (AvgIpc) is 3.52. The van der Waals surface area contributed by atoms with Gasteiger partial charge in [-0.2, -0.15) is 5.10 Å². The summed E-state index contributed by atoms with van der Waals surface area (Å²) >= 11 is 1.03. The number of aromatic nitrogens is 2. The van der Waals surface area contributed by atoms with Crippen LogP contribution in [-0.2, 0) is 5.92 Å². The van der Waals surface area contributed by atoms with Gasteiger partial charge < -0.3 is 9.47 Å². The molecule has 41 heavy (non-hydrogen) atoms. The van der Waals surface area contributed by atoms with Crippen molar-refractivity contribution in [1.82, 2.24) is 15.1 Å². The van der Waals surface area contributed by atoms with Gasteiger partial charge in [0.25, 0.3) is 5.92 Å². The van der Waals surface area contributed by atoms with Crippen LogP contribution in [0.4, 0.5) is 26.3 Å². The minimum absolute atomic E-state index is 0.0136. The summed E-state index contributed by atoms with van der Waals surface area (Å²) < 4.78 is 97.8. The van der Waals surface area contributed by atoms with Crippen LogP contribution < -0.4 is 9.47 Å². The first-order chi connectivity index (χ1) is 19.6. The second-order valence-electron chi connectivity index (χ2n) is 9.97.